The van der Waals surface area contributed by atoms with Crippen molar-refractivity contribution in [1.29, 1.82) is 0 Å². The van der Waals surface area contributed by atoms with Crippen LogP contribution in [0, 0.1) is 5.92 Å². The number of quaternary nitrogens is 1. The molecule has 0 unspecified atom stereocenters. The number of benzene rings is 2. The molecule has 1 aliphatic carbocycles. The Morgan fingerprint density at radius 2 is 1.33 bits per heavy atom. The molecule has 2 aliphatic rings. The van der Waals surface area contributed by atoms with E-state index in [0.717, 1.165) is 39.0 Å². The molecule has 1 saturated carbocycles. The molecule has 142 valence electrons. The van der Waals surface area contributed by atoms with Crippen molar-refractivity contribution in [2.24, 2.45) is 5.92 Å². The third-order valence-electron chi connectivity index (χ3n) is 6.35. The number of piperazine rings is 1. The predicted molar refractivity (Wildman–Crippen MR) is 109 cm³/mol. The SMILES string of the molecule is O=C(C1CCCCC1)N1CC[NH+](C(c2ccccc2)c2ccccc2)CC1. The average Bonchev–Trinajstić information content (AvgIpc) is 2.76. The van der Waals surface area contributed by atoms with Gasteiger partial charge in [-0.2, -0.15) is 0 Å². The summed E-state index contributed by atoms with van der Waals surface area (Å²) in [6, 6.07) is 22.0. The number of carbonyl (C=O) groups excluding carboxylic acids is 1. The van der Waals surface area contributed by atoms with E-state index in [9.17, 15) is 4.79 Å². The molecule has 1 heterocycles. The molecule has 4 rings (SSSR count). The maximum atomic E-state index is 12.9. The second kappa shape index (κ2) is 8.71. The summed E-state index contributed by atoms with van der Waals surface area (Å²) < 4.78 is 0. The molecule has 0 atom stereocenters. The van der Waals surface area contributed by atoms with Crippen LogP contribution in [-0.2, 0) is 4.79 Å². The molecule has 3 nitrogen and oxygen atoms in total. The van der Waals surface area contributed by atoms with Crippen LogP contribution in [-0.4, -0.2) is 37.0 Å². The van der Waals surface area contributed by atoms with Gasteiger partial charge >= 0.3 is 0 Å². The minimum absolute atomic E-state index is 0.291. The Morgan fingerprint density at radius 3 is 1.85 bits per heavy atom. The molecule has 1 amide bonds. The third-order valence-corrected chi connectivity index (χ3v) is 6.35. The van der Waals surface area contributed by atoms with Crippen molar-refractivity contribution in [3.05, 3.63) is 71.8 Å². The van der Waals surface area contributed by atoms with Gasteiger partial charge in [-0.3, -0.25) is 4.79 Å². The van der Waals surface area contributed by atoms with Crippen molar-refractivity contribution < 1.29 is 9.69 Å². The molecule has 0 bridgehead atoms. The van der Waals surface area contributed by atoms with Crippen LogP contribution in [0.2, 0.25) is 0 Å². The fourth-order valence-corrected chi connectivity index (χ4v) is 4.87. The Labute approximate surface area is 163 Å². The molecule has 1 N–H and O–H groups in total. The summed E-state index contributed by atoms with van der Waals surface area (Å²) in [5, 5.41) is 0. The molecule has 27 heavy (non-hydrogen) atoms. The maximum Gasteiger partial charge on any atom is 0.226 e. The van der Waals surface area contributed by atoms with Crippen molar-refractivity contribution in [2.75, 3.05) is 26.2 Å². The van der Waals surface area contributed by atoms with Crippen molar-refractivity contribution in [1.82, 2.24) is 4.90 Å². The minimum Gasteiger partial charge on any atom is -0.331 e. The molecule has 2 aromatic carbocycles. The van der Waals surface area contributed by atoms with Gasteiger partial charge in [0.2, 0.25) is 5.91 Å². The van der Waals surface area contributed by atoms with Crippen LogP contribution >= 0.6 is 0 Å². The minimum atomic E-state index is 0.291. The summed E-state index contributed by atoms with van der Waals surface area (Å²) in [6.07, 6.45) is 5.96. The summed E-state index contributed by atoms with van der Waals surface area (Å²) in [6.45, 7) is 3.82. The number of nitrogens with one attached hydrogen (secondary N) is 1. The van der Waals surface area contributed by atoms with Crippen LogP contribution < -0.4 is 4.90 Å². The van der Waals surface area contributed by atoms with E-state index in [-0.39, 0.29) is 0 Å². The van der Waals surface area contributed by atoms with Crippen LogP contribution in [0.4, 0.5) is 0 Å². The Kier molecular flexibility index (Phi) is 5.88. The molecule has 0 spiro atoms. The molecule has 2 fully saturated rings. The summed E-state index contributed by atoms with van der Waals surface area (Å²) in [5.41, 5.74) is 2.73. The van der Waals surface area contributed by atoms with Gasteiger partial charge in [0, 0.05) is 17.0 Å². The molecule has 1 aliphatic heterocycles. The Morgan fingerprint density at radius 1 is 0.815 bits per heavy atom. The van der Waals surface area contributed by atoms with E-state index in [0.29, 0.717) is 17.9 Å². The zero-order valence-electron chi connectivity index (χ0n) is 16.1. The zero-order chi connectivity index (χ0) is 18.5. The maximum absolute atomic E-state index is 12.9. The predicted octanol–water partition coefficient (Wildman–Crippen LogP) is 3.08. The summed E-state index contributed by atoms with van der Waals surface area (Å²) in [7, 11) is 0. The summed E-state index contributed by atoms with van der Waals surface area (Å²) >= 11 is 0. The van der Waals surface area contributed by atoms with Crippen LogP contribution in [0.3, 0.4) is 0 Å². The van der Waals surface area contributed by atoms with Gasteiger partial charge in [0.05, 0.1) is 26.2 Å². The number of hydrogen-bond acceptors (Lipinski definition) is 1. The van der Waals surface area contributed by atoms with E-state index in [4.69, 9.17) is 0 Å². The van der Waals surface area contributed by atoms with Gasteiger partial charge in [-0.1, -0.05) is 79.9 Å². The average molecular weight is 364 g/mol. The molecule has 1 saturated heterocycles. The van der Waals surface area contributed by atoms with Gasteiger partial charge in [0.1, 0.15) is 6.04 Å². The largest absolute Gasteiger partial charge is 0.331 e. The highest BCUT2D eigenvalue weighted by Crippen LogP contribution is 2.25. The van der Waals surface area contributed by atoms with Crippen molar-refractivity contribution in [2.45, 2.75) is 38.1 Å². The molecule has 2 aromatic rings. The Balaban J connectivity index is 1.46. The van der Waals surface area contributed by atoms with E-state index < -0.39 is 0 Å². The fourth-order valence-electron chi connectivity index (χ4n) is 4.87. The molecule has 0 radical (unpaired) electrons. The lowest BCUT2D eigenvalue weighted by atomic mass is 9.88. The molecular formula is C24H31N2O+. The topological polar surface area (TPSA) is 24.8 Å². The lowest BCUT2D eigenvalue weighted by Gasteiger charge is -2.38. The monoisotopic (exact) mass is 363 g/mol. The first kappa shape index (κ1) is 18.2. The van der Waals surface area contributed by atoms with Gasteiger partial charge in [-0.15, -0.1) is 0 Å². The van der Waals surface area contributed by atoms with Gasteiger partial charge in [0.25, 0.3) is 0 Å². The van der Waals surface area contributed by atoms with Crippen molar-refractivity contribution >= 4 is 5.91 Å². The molecule has 0 aromatic heterocycles. The smallest absolute Gasteiger partial charge is 0.226 e. The lowest BCUT2D eigenvalue weighted by Crippen LogP contribution is -3.15. The molecule has 3 heteroatoms. The lowest BCUT2D eigenvalue weighted by molar-refractivity contribution is -0.929. The second-order valence-electron chi connectivity index (χ2n) is 8.07. The first-order chi connectivity index (χ1) is 13.3. The number of nitrogens with zero attached hydrogens (tertiary/aromatic N) is 1. The fraction of sp³-hybridized carbons (Fsp3) is 0.458. The quantitative estimate of drug-likeness (QED) is 0.887. The van der Waals surface area contributed by atoms with E-state index in [1.54, 1.807) is 4.90 Å². The highest BCUT2D eigenvalue weighted by molar-refractivity contribution is 5.79. The van der Waals surface area contributed by atoms with Crippen LogP contribution in [0.1, 0.15) is 49.3 Å². The van der Waals surface area contributed by atoms with Crippen LogP contribution in [0.15, 0.2) is 60.7 Å². The summed E-state index contributed by atoms with van der Waals surface area (Å²) in [5.74, 6) is 0.712. The van der Waals surface area contributed by atoms with E-state index in [2.05, 4.69) is 65.6 Å². The van der Waals surface area contributed by atoms with E-state index in [1.807, 2.05) is 0 Å². The second-order valence-corrected chi connectivity index (χ2v) is 8.07. The van der Waals surface area contributed by atoms with E-state index >= 15 is 0 Å². The van der Waals surface area contributed by atoms with Crippen molar-refractivity contribution in [3.63, 3.8) is 0 Å². The molecular weight excluding hydrogens is 332 g/mol. The van der Waals surface area contributed by atoms with E-state index in [1.165, 1.54) is 30.4 Å². The third kappa shape index (κ3) is 4.24. The standard InChI is InChI=1S/C24H30N2O/c27-24(22-14-8-3-9-15-22)26-18-16-25(17-19-26)23(20-10-4-1-5-11-20)21-12-6-2-7-13-21/h1-2,4-7,10-13,22-23H,3,8-9,14-19H2/p+1. The van der Waals surface area contributed by atoms with Gasteiger partial charge < -0.3 is 9.80 Å². The highest BCUT2D eigenvalue weighted by atomic mass is 16.2. The van der Waals surface area contributed by atoms with Crippen molar-refractivity contribution in [3.8, 4) is 0 Å². The normalized spacial score (nSPS) is 19.4. The zero-order valence-corrected chi connectivity index (χ0v) is 16.1. The number of hydrogen-bond donors (Lipinski definition) is 1. The first-order valence-corrected chi connectivity index (χ1v) is 10.6. The summed E-state index contributed by atoms with van der Waals surface area (Å²) in [4.78, 5) is 16.6. The first-order valence-electron chi connectivity index (χ1n) is 10.6. The number of amides is 1. The van der Waals surface area contributed by atoms with Gasteiger partial charge in [0.15, 0.2) is 0 Å². The Hall–Kier alpha value is -2.13. The highest BCUT2D eigenvalue weighted by Gasteiger charge is 2.33. The van der Waals surface area contributed by atoms with Gasteiger partial charge in [-0.25, -0.2) is 0 Å². The van der Waals surface area contributed by atoms with Crippen LogP contribution in [0.5, 0.6) is 0 Å². The number of carbonyl (C=O) groups is 1. The number of rotatable bonds is 4. The van der Waals surface area contributed by atoms with Crippen LogP contribution in [0.25, 0.3) is 0 Å². The van der Waals surface area contributed by atoms with Gasteiger partial charge in [-0.05, 0) is 12.8 Å². The Bertz CT molecular complexity index is 677.